The van der Waals surface area contributed by atoms with Gasteiger partial charge in [-0.2, -0.15) is 0 Å². The highest BCUT2D eigenvalue weighted by Gasteiger charge is 2.30. The van der Waals surface area contributed by atoms with Gasteiger partial charge in [-0.25, -0.2) is 4.79 Å². The minimum Gasteiger partial charge on any atom is -0.480 e. The van der Waals surface area contributed by atoms with Crippen LogP contribution in [0.2, 0.25) is 0 Å². The molecule has 0 fully saturated rings. The molecular weight excluding hydrogens is 284 g/mol. The van der Waals surface area contributed by atoms with Crippen molar-refractivity contribution in [3.05, 3.63) is 0 Å². The van der Waals surface area contributed by atoms with E-state index >= 15 is 0 Å². The molecule has 0 aromatic heterocycles. The molecule has 0 radical (unpaired) electrons. The molecule has 0 bridgehead atoms. The number of aliphatic hydroxyl groups is 1. The van der Waals surface area contributed by atoms with Crippen molar-refractivity contribution in [2.75, 3.05) is 0 Å². The summed E-state index contributed by atoms with van der Waals surface area (Å²) in [4.78, 5) is 45.0. The standard InChI is InChI=1S/C11H20N4O6/c1-4(12)9(18)15-8(5(2)16)10(19)14-6(11(20)21)3-7(13)17/h4-6,8,16H,3,12H2,1-2H3,(H2,13,17)(H,14,19)(H,15,18)(H,20,21)/t4-,5+,6-,8-/m0/s1. The number of aliphatic carboxylic acids is 1. The molecule has 0 spiro atoms. The molecular formula is C11H20N4O6. The number of hydrogen-bond acceptors (Lipinski definition) is 6. The molecule has 0 aromatic carbocycles. The largest absolute Gasteiger partial charge is 0.480 e. The molecule has 120 valence electrons. The number of nitrogens with two attached hydrogens (primary N) is 2. The number of nitrogens with one attached hydrogen (secondary N) is 2. The number of hydrogen-bond donors (Lipinski definition) is 6. The summed E-state index contributed by atoms with van der Waals surface area (Å²) in [5, 5.41) is 22.6. The van der Waals surface area contributed by atoms with Gasteiger partial charge in [0.25, 0.3) is 0 Å². The number of aliphatic hydroxyl groups excluding tert-OH is 1. The number of amides is 3. The minimum atomic E-state index is -1.55. The molecule has 0 saturated carbocycles. The summed E-state index contributed by atoms with van der Waals surface area (Å²) in [5.41, 5.74) is 10.2. The molecule has 0 rings (SSSR count). The van der Waals surface area contributed by atoms with E-state index in [1.54, 1.807) is 0 Å². The van der Waals surface area contributed by atoms with Gasteiger partial charge in [-0.15, -0.1) is 0 Å². The van der Waals surface area contributed by atoms with Gasteiger partial charge in [-0.3, -0.25) is 14.4 Å². The highest BCUT2D eigenvalue weighted by Crippen LogP contribution is 1.98. The Morgan fingerprint density at radius 1 is 1.10 bits per heavy atom. The average molecular weight is 304 g/mol. The van der Waals surface area contributed by atoms with Gasteiger partial charge >= 0.3 is 5.97 Å². The van der Waals surface area contributed by atoms with Crippen LogP contribution in [0.25, 0.3) is 0 Å². The highest BCUT2D eigenvalue weighted by atomic mass is 16.4. The molecule has 8 N–H and O–H groups in total. The average Bonchev–Trinajstić information content (AvgIpc) is 2.33. The van der Waals surface area contributed by atoms with Crippen molar-refractivity contribution in [3.8, 4) is 0 Å². The lowest BCUT2D eigenvalue weighted by atomic mass is 10.1. The van der Waals surface area contributed by atoms with Gasteiger partial charge in [0.2, 0.25) is 17.7 Å². The highest BCUT2D eigenvalue weighted by molar-refractivity contribution is 5.93. The van der Waals surface area contributed by atoms with Crippen molar-refractivity contribution in [1.82, 2.24) is 10.6 Å². The summed E-state index contributed by atoms with van der Waals surface area (Å²) in [6.45, 7) is 2.61. The Morgan fingerprint density at radius 3 is 1.95 bits per heavy atom. The Morgan fingerprint density at radius 2 is 1.62 bits per heavy atom. The summed E-state index contributed by atoms with van der Waals surface area (Å²) in [5.74, 6) is -4.05. The van der Waals surface area contributed by atoms with Crippen LogP contribution in [0.15, 0.2) is 0 Å². The number of carboxylic acid groups (broad SMARTS) is 1. The lowest BCUT2D eigenvalue weighted by molar-refractivity contribution is -0.144. The zero-order valence-corrected chi connectivity index (χ0v) is 11.7. The predicted octanol–water partition coefficient (Wildman–Crippen LogP) is -3.36. The van der Waals surface area contributed by atoms with Crippen LogP contribution in [0.1, 0.15) is 20.3 Å². The summed E-state index contributed by atoms with van der Waals surface area (Å²) < 4.78 is 0. The third-order valence-electron chi connectivity index (χ3n) is 2.50. The van der Waals surface area contributed by atoms with E-state index in [-0.39, 0.29) is 0 Å². The maximum absolute atomic E-state index is 11.9. The van der Waals surface area contributed by atoms with Gasteiger partial charge in [0, 0.05) is 0 Å². The van der Waals surface area contributed by atoms with Crippen molar-refractivity contribution >= 4 is 23.7 Å². The molecule has 0 aromatic rings. The van der Waals surface area contributed by atoms with Gasteiger partial charge in [-0.1, -0.05) is 0 Å². The normalized spacial score (nSPS) is 16.2. The van der Waals surface area contributed by atoms with E-state index < -0.39 is 54.3 Å². The van der Waals surface area contributed by atoms with Gasteiger partial charge in [0.15, 0.2) is 0 Å². The molecule has 3 amide bonds. The van der Waals surface area contributed by atoms with Crippen molar-refractivity contribution < 1.29 is 29.4 Å². The minimum absolute atomic E-state index is 0.616. The first-order chi connectivity index (χ1) is 9.56. The van der Waals surface area contributed by atoms with Crippen LogP contribution in [0.4, 0.5) is 0 Å². The fraction of sp³-hybridized carbons (Fsp3) is 0.636. The van der Waals surface area contributed by atoms with E-state index in [0.29, 0.717) is 0 Å². The second kappa shape index (κ2) is 8.17. The van der Waals surface area contributed by atoms with E-state index in [4.69, 9.17) is 16.6 Å². The van der Waals surface area contributed by atoms with E-state index in [0.717, 1.165) is 0 Å². The van der Waals surface area contributed by atoms with E-state index in [1.807, 2.05) is 5.32 Å². The first-order valence-electron chi connectivity index (χ1n) is 6.11. The van der Waals surface area contributed by atoms with Crippen molar-refractivity contribution in [1.29, 1.82) is 0 Å². The Kier molecular flexibility index (Phi) is 7.31. The smallest absolute Gasteiger partial charge is 0.326 e. The van der Waals surface area contributed by atoms with E-state index in [9.17, 15) is 24.3 Å². The fourth-order valence-corrected chi connectivity index (χ4v) is 1.35. The van der Waals surface area contributed by atoms with Crippen molar-refractivity contribution in [3.63, 3.8) is 0 Å². The zero-order chi connectivity index (χ0) is 16.7. The van der Waals surface area contributed by atoms with Gasteiger partial charge in [0.1, 0.15) is 12.1 Å². The van der Waals surface area contributed by atoms with Gasteiger partial charge in [0.05, 0.1) is 18.6 Å². The summed E-state index contributed by atoms with van der Waals surface area (Å²) >= 11 is 0. The van der Waals surface area contributed by atoms with E-state index in [1.165, 1.54) is 13.8 Å². The van der Waals surface area contributed by atoms with Crippen molar-refractivity contribution in [2.45, 2.75) is 44.5 Å². The Hall–Kier alpha value is -2.20. The molecule has 0 saturated heterocycles. The van der Waals surface area contributed by atoms with Crippen molar-refractivity contribution in [2.24, 2.45) is 11.5 Å². The summed E-state index contributed by atoms with van der Waals surface area (Å²) in [6, 6.07) is -3.87. The molecule has 4 atom stereocenters. The zero-order valence-electron chi connectivity index (χ0n) is 11.7. The maximum atomic E-state index is 11.9. The third kappa shape index (κ3) is 6.68. The van der Waals surface area contributed by atoms with Crippen LogP contribution >= 0.6 is 0 Å². The number of primary amides is 1. The number of carbonyl (C=O) groups is 4. The third-order valence-corrected chi connectivity index (χ3v) is 2.50. The van der Waals surface area contributed by atoms with Gasteiger partial charge in [-0.05, 0) is 13.8 Å². The summed E-state index contributed by atoms with van der Waals surface area (Å²) in [6.07, 6.45) is -1.91. The Balaban J connectivity index is 4.92. The maximum Gasteiger partial charge on any atom is 0.326 e. The van der Waals surface area contributed by atoms with Crippen LogP contribution in [-0.4, -0.2) is 58.1 Å². The molecule has 0 heterocycles. The second-order valence-corrected chi connectivity index (χ2v) is 4.59. The topological polar surface area (TPSA) is 185 Å². The quantitative estimate of drug-likeness (QED) is 0.270. The fourth-order valence-electron chi connectivity index (χ4n) is 1.35. The number of rotatable bonds is 8. The van der Waals surface area contributed by atoms with E-state index in [2.05, 4.69) is 5.32 Å². The Labute approximate surface area is 120 Å². The monoisotopic (exact) mass is 304 g/mol. The molecule has 0 unspecified atom stereocenters. The first kappa shape index (κ1) is 18.8. The van der Waals surface area contributed by atoms with Crippen LogP contribution in [0.5, 0.6) is 0 Å². The second-order valence-electron chi connectivity index (χ2n) is 4.59. The molecule has 0 aliphatic rings. The molecule has 0 aliphatic heterocycles. The first-order valence-corrected chi connectivity index (χ1v) is 6.11. The molecule has 10 nitrogen and oxygen atoms in total. The van der Waals surface area contributed by atoms with Crippen LogP contribution in [0.3, 0.4) is 0 Å². The summed E-state index contributed by atoms with van der Waals surface area (Å²) in [7, 11) is 0. The Bertz CT molecular complexity index is 423. The van der Waals surface area contributed by atoms with Crippen LogP contribution in [-0.2, 0) is 19.2 Å². The van der Waals surface area contributed by atoms with Crippen LogP contribution < -0.4 is 22.1 Å². The molecule has 21 heavy (non-hydrogen) atoms. The SMILES string of the molecule is C[C@H](N)C(=O)N[C@H](C(=O)N[C@@H](CC(N)=O)C(=O)O)[C@@H](C)O. The van der Waals surface area contributed by atoms with Crippen LogP contribution in [0, 0.1) is 0 Å². The molecule has 0 aliphatic carbocycles. The lowest BCUT2D eigenvalue weighted by Crippen LogP contribution is -2.58. The number of carboxylic acids is 1. The number of carbonyl (C=O) groups excluding carboxylic acids is 3. The molecule has 10 heteroatoms. The lowest BCUT2D eigenvalue weighted by Gasteiger charge is -2.23. The van der Waals surface area contributed by atoms with Gasteiger partial charge < -0.3 is 32.3 Å². The predicted molar refractivity (Wildman–Crippen MR) is 70.6 cm³/mol.